The summed E-state index contributed by atoms with van der Waals surface area (Å²) in [5.74, 6) is 6.78. The Morgan fingerprint density at radius 3 is 3.00 bits per heavy atom. The van der Waals surface area contributed by atoms with Gasteiger partial charge in [-0.1, -0.05) is 30.9 Å². The van der Waals surface area contributed by atoms with Gasteiger partial charge < -0.3 is 10.0 Å². The van der Waals surface area contributed by atoms with Gasteiger partial charge in [0.25, 0.3) is 0 Å². The van der Waals surface area contributed by atoms with Crippen LogP contribution in [0.25, 0.3) is 0 Å². The van der Waals surface area contributed by atoms with Gasteiger partial charge in [-0.25, -0.2) is 0 Å². The van der Waals surface area contributed by atoms with Crippen LogP contribution < -0.4 is 0 Å². The van der Waals surface area contributed by atoms with E-state index in [0.717, 1.165) is 37.9 Å². The quantitative estimate of drug-likeness (QED) is 0.801. The van der Waals surface area contributed by atoms with Crippen LogP contribution in [0.1, 0.15) is 43.7 Å². The van der Waals surface area contributed by atoms with Crippen molar-refractivity contribution in [1.82, 2.24) is 4.90 Å². The number of aryl methyl sites for hydroxylation is 1. The van der Waals surface area contributed by atoms with Gasteiger partial charge in [0, 0.05) is 17.5 Å². The summed E-state index contributed by atoms with van der Waals surface area (Å²) in [6, 6.07) is 8.74. The zero-order valence-electron chi connectivity index (χ0n) is 13.1. The number of likely N-dealkylation sites (tertiary alicyclic amines) is 1. The first-order valence-corrected chi connectivity index (χ1v) is 8.18. The van der Waals surface area contributed by atoms with E-state index in [4.69, 9.17) is 0 Å². The predicted octanol–water partition coefficient (Wildman–Crippen LogP) is 2.97. The van der Waals surface area contributed by atoms with Gasteiger partial charge in [-0.3, -0.25) is 0 Å². The molecule has 0 spiro atoms. The molecule has 1 N–H and O–H groups in total. The molecule has 0 amide bonds. The van der Waals surface area contributed by atoms with Crippen molar-refractivity contribution in [2.75, 3.05) is 13.1 Å². The fourth-order valence-electron chi connectivity index (χ4n) is 4.08. The lowest BCUT2D eigenvalue weighted by molar-refractivity contribution is -0.0143. The van der Waals surface area contributed by atoms with Gasteiger partial charge in [0.15, 0.2) is 0 Å². The molecule has 1 saturated heterocycles. The van der Waals surface area contributed by atoms with Crippen molar-refractivity contribution < 1.29 is 5.11 Å². The van der Waals surface area contributed by atoms with Gasteiger partial charge in [0.1, 0.15) is 5.60 Å². The van der Waals surface area contributed by atoms with Gasteiger partial charge in [0.05, 0.1) is 0 Å². The number of fused-ring (bicyclic) bond motifs is 1. The van der Waals surface area contributed by atoms with Crippen molar-refractivity contribution in [3.8, 4) is 11.8 Å². The summed E-state index contributed by atoms with van der Waals surface area (Å²) in [7, 11) is 0. The van der Waals surface area contributed by atoms with E-state index in [1.807, 2.05) is 12.1 Å². The number of nitrogens with zero attached hydrogens (tertiary/aromatic N) is 1. The summed E-state index contributed by atoms with van der Waals surface area (Å²) in [4.78, 5) is 2.52. The normalized spacial score (nSPS) is 32.3. The number of benzene rings is 1. The van der Waals surface area contributed by atoms with Crippen molar-refractivity contribution in [2.24, 2.45) is 5.92 Å². The van der Waals surface area contributed by atoms with E-state index >= 15 is 0 Å². The van der Waals surface area contributed by atoms with E-state index in [0.29, 0.717) is 12.0 Å². The molecular weight excluding hydrogens is 258 g/mol. The van der Waals surface area contributed by atoms with Crippen LogP contribution in [0.4, 0.5) is 0 Å². The molecule has 0 radical (unpaired) electrons. The highest BCUT2D eigenvalue weighted by molar-refractivity contribution is 5.39. The fraction of sp³-hybridized carbons (Fsp3) is 0.579. The topological polar surface area (TPSA) is 23.5 Å². The Hall–Kier alpha value is -1.30. The van der Waals surface area contributed by atoms with E-state index in [-0.39, 0.29) is 0 Å². The first kappa shape index (κ1) is 14.6. The third-order valence-corrected chi connectivity index (χ3v) is 5.18. The molecular formula is C19H25NO. The van der Waals surface area contributed by atoms with Crippen LogP contribution in [0.5, 0.6) is 0 Å². The van der Waals surface area contributed by atoms with E-state index in [1.165, 1.54) is 12.0 Å². The van der Waals surface area contributed by atoms with Gasteiger partial charge in [0.2, 0.25) is 0 Å². The van der Waals surface area contributed by atoms with E-state index in [2.05, 4.69) is 42.7 Å². The second kappa shape index (κ2) is 5.83. The second-order valence-electron chi connectivity index (χ2n) is 6.53. The molecule has 21 heavy (non-hydrogen) atoms. The number of hydrogen-bond donors (Lipinski definition) is 1. The van der Waals surface area contributed by atoms with Crippen molar-refractivity contribution in [3.05, 3.63) is 35.4 Å². The minimum Gasteiger partial charge on any atom is -0.377 e. The van der Waals surface area contributed by atoms with Crippen LogP contribution in [-0.4, -0.2) is 34.7 Å². The van der Waals surface area contributed by atoms with Gasteiger partial charge in [-0.2, -0.15) is 0 Å². The average Bonchev–Trinajstić information content (AvgIpc) is 2.90. The molecule has 3 atom stereocenters. The monoisotopic (exact) mass is 283 g/mol. The molecule has 1 aromatic rings. The molecule has 2 aliphatic rings. The molecule has 3 rings (SSSR count). The fourth-order valence-corrected chi connectivity index (χ4v) is 4.08. The van der Waals surface area contributed by atoms with Crippen molar-refractivity contribution in [2.45, 2.75) is 51.2 Å². The molecule has 0 bridgehead atoms. The van der Waals surface area contributed by atoms with Crippen LogP contribution in [0.3, 0.4) is 0 Å². The van der Waals surface area contributed by atoms with Gasteiger partial charge in [-0.15, -0.1) is 0 Å². The maximum atomic E-state index is 11.1. The van der Waals surface area contributed by atoms with Gasteiger partial charge in [-0.05, 0) is 63.4 Å². The Labute approximate surface area is 128 Å². The standard InChI is InChI=1S/C19H25NO/c1-3-20-13-10-17-18(20)8-5-11-19(17,21)12-9-16-7-4-6-15(2)14-16/h4,6-7,14,17-18,21H,3,5,8,10-11,13H2,1-2H3. The summed E-state index contributed by atoms with van der Waals surface area (Å²) < 4.78 is 0. The highest BCUT2D eigenvalue weighted by atomic mass is 16.3. The number of rotatable bonds is 1. The number of hydrogen-bond acceptors (Lipinski definition) is 2. The second-order valence-corrected chi connectivity index (χ2v) is 6.53. The lowest BCUT2D eigenvalue weighted by Gasteiger charge is -2.40. The largest absolute Gasteiger partial charge is 0.377 e. The van der Waals surface area contributed by atoms with Crippen LogP contribution >= 0.6 is 0 Å². The summed E-state index contributed by atoms with van der Waals surface area (Å²) in [6.07, 6.45) is 4.20. The molecule has 3 unspecified atom stereocenters. The molecule has 1 saturated carbocycles. The minimum absolute atomic E-state index is 0.323. The smallest absolute Gasteiger partial charge is 0.130 e. The maximum absolute atomic E-state index is 11.1. The average molecular weight is 283 g/mol. The molecule has 2 heteroatoms. The Balaban J connectivity index is 1.84. The van der Waals surface area contributed by atoms with Gasteiger partial charge >= 0.3 is 0 Å². The van der Waals surface area contributed by atoms with Crippen LogP contribution in [-0.2, 0) is 0 Å². The Morgan fingerprint density at radius 2 is 2.24 bits per heavy atom. The van der Waals surface area contributed by atoms with E-state index in [1.54, 1.807) is 0 Å². The Bertz CT molecular complexity index is 570. The van der Waals surface area contributed by atoms with Crippen LogP contribution in [0, 0.1) is 24.7 Å². The molecule has 1 aromatic carbocycles. The summed E-state index contributed by atoms with van der Waals surface area (Å²) in [6.45, 7) is 6.49. The highest BCUT2D eigenvalue weighted by Crippen LogP contribution is 2.42. The first-order valence-electron chi connectivity index (χ1n) is 8.18. The van der Waals surface area contributed by atoms with E-state index < -0.39 is 5.60 Å². The van der Waals surface area contributed by atoms with E-state index in [9.17, 15) is 5.11 Å². The molecule has 112 valence electrons. The van der Waals surface area contributed by atoms with Crippen LogP contribution in [0.15, 0.2) is 24.3 Å². The third-order valence-electron chi connectivity index (χ3n) is 5.18. The molecule has 0 aromatic heterocycles. The molecule has 1 aliphatic heterocycles. The summed E-state index contributed by atoms with van der Waals surface area (Å²) >= 11 is 0. The zero-order valence-corrected chi connectivity index (χ0v) is 13.1. The van der Waals surface area contributed by atoms with Crippen molar-refractivity contribution in [1.29, 1.82) is 0 Å². The lowest BCUT2D eigenvalue weighted by atomic mass is 9.73. The Kier molecular flexibility index (Phi) is 4.06. The Morgan fingerprint density at radius 1 is 1.38 bits per heavy atom. The molecule has 2 nitrogen and oxygen atoms in total. The lowest BCUT2D eigenvalue weighted by Crippen LogP contribution is -2.48. The number of aliphatic hydroxyl groups is 1. The molecule has 2 fully saturated rings. The molecule has 1 heterocycles. The highest BCUT2D eigenvalue weighted by Gasteiger charge is 2.48. The minimum atomic E-state index is -0.795. The molecule has 1 aliphatic carbocycles. The van der Waals surface area contributed by atoms with Crippen molar-refractivity contribution >= 4 is 0 Å². The SMILES string of the molecule is CCN1CCC2C1CCCC2(O)C#Cc1cccc(C)c1. The summed E-state index contributed by atoms with van der Waals surface area (Å²) in [5.41, 5.74) is 1.43. The van der Waals surface area contributed by atoms with Crippen LogP contribution in [0.2, 0.25) is 0 Å². The summed E-state index contributed by atoms with van der Waals surface area (Å²) in [5, 5.41) is 11.1. The first-order chi connectivity index (χ1) is 10.1. The van der Waals surface area contributed by atoms with Crippen molar-refractivity contribution in [3.63, 3.8) is 0 Å². The maximum Gasteiger partial charge on any atom is 0.130 e. The third kappa shape index (κ3) is 2.86. The predicted molar refractivity (Wildman–Crippen MR) is 86.0 cm³/mol. The zero-order chi connectivity index (χ0) is 14.9.